The maximum atomic E-state index is 6.15. The van der Waals surface area contributed by atoms with Crippen LogP contribution in [-0.4, -0.2) is 11.2 Å². The van der Waals surface area contributed by atoms with Crippen LogP contribution in [-0.2, 0) is 6.61 Å². The van der Waals surface area contributed by atoms with Crippen molar-refractivity contribution in [3.05, 3.63) is 102 Å². The van der Waals surface area contributed by atoms with Crippen LogP contribution >= 0.6 is 11.3 Å². The van der Waals surface area contributed by atoms with Crippen molar-refractivity contribution < 1.29 is 4.74 Å². The lowest BCUT2D eigenvalue weighted by Gasteiger charge is -2.12. The third-order valence-electron chi connectivity index (χ3n) is 4.82. The van der Waals surface area contributed by atoms with Gasteiger partial charge in [0.05, 0.1) is 16.4 Å². The summed E-state index contributed by atoms with van der Waals surface area (Å²) in [6, 6.07) is 30.5. The van der Waals surface area contributed by atoms with Gasteiger partial charge in [-0.1, -0.05) is 84.1 Å². The normalized spacial score (nSPS) is 11.3. The highest BCUT2D eigenvalue weighted by Crippen LogP contribution is 2.28. The van der Waals surface area contributed by atoms with Gasteiger partial charge in [-0.3, -0.25) is 5.43 Å². The Labute approximate surface area is 178 Å². The number of benzene rings is 4. The van der Waals surface area contributed by atoms with Gasteiger partial charge in [0.25, 0.3) is 0 Å². The summed E-state index contributed by atoms with van der Waals surface area (Å²) < 4.78 is 7.28. The molecule has 146 valence electrons. The number of para-hydroxylation sites is 1. The Morgan fingerprint density at radius 1 is 0.867 bits per heavy atom. The lowest BCUT2D eigenvalue weighted by Crippen LogP contribution is -2.00. The molecular formula is C25H19N3OS. The Kier molecular flexibility index (Phi) is 5.10. The molecule has 5 rings (SSSR count). The monoisotopic (exact) mass is 409 g/mol. The van der Waals surface area contributed by atoms with Crippen LogP contribution in [0.4, 0.5) is 5.13 Å². The number of nitrogens with one attached hydrogen (secondary N) is 1. The molecule has 0 atom stereocenters. The van der Waals surface area contributed by atoms with Crippen LogP contribution in [0, 0.1) is 0 Å². The number of aromatic nitrogens is 1. The van der Waals surface area contributed by atoms with E-state index in [1.165, 1.54) is 0 Å². The lowest BCUT2D eigenvalue weighted by atomic mass is 10.0. The molecular weight excluding hydrogens is 390 g/mol. The molecule has 4 nitrogen and oxygen atoms in total. The number of thiazole rings is 1. The molecule has 0 radical (unpaired) electrons. The topological polar surface area (TPSA) is 46.5 Å². The molecule has 0 fully saturated rings. The van der Waals surface area contributed by atoms with E-state index in [2.05, 4.69) is 51.9 Å². The fraction of sp³-hybridized carbons (Fsp3) is 0.0400. The van der Waals surface area contributed by atoms with E-state index in [4.69, 9.17) is 4.74 Å². The van der Waals surface area contributed by atoms with Crippen LogP contribution in [0.1, 0.15) is 11.1 Å². The van der Waals surface area contributed by atoms with Crippen molar-refractivity contribution >= 4 is 43.7 Å². The summed E-state index contributed by atoms with van der Waals surface area (Å²) in [5.74, 6) is 0.799. The number of ether oxygens (including phenoxy) is 1. The second kappa shape index (κ2) is 8.35. The minimum atomic E-state index is 0.505. The molecule has 1 heterocycles. The molecule has 0 aliphatic heterocycles. The van der Waals surface area contributed by atoms with Crippen molar-refractivity contribution in [1.29, 1.82) is 0 Å². The highest BCUT2D eigenvalue weighted by atomic mass is 32.1. The first kappa shape index (κ1) is 18.3. The number of fused-ring (bicyclic) bond motifs is 2. The molecule has 5 heteroatoms. The van der Waals surface area contributed by atoms with Crippen molar-refractivity contribution in [2.75, 3.05) is 5.43 Å². The standard InChI is InChI=1S/C25H19N3OS/c1-2-8-18(9-3-1)17-29-23-15-14-19-10-4-5-11-20(19)21(23)16-26-28-25-27-22-12-6-7-13-24(22)30-25/h1-16H,17H2,(H,27,28)/b26-16+. The van der Waals surface area contributed by atoms with E-state index < -0.39 is 0 Å². The number of rotatable bonds is 6. The smallest absolute Gasteiger partial charge is 0.204 e. The molecule has 5 aromatic rings. The first-order chi connectivity index (χ1) is 14.9. The summed E-state index contributed by atoms with van der Waals surface area (Å²) in [5.41, 5.74) is 6.11. The van der Waals surface area contributed by atoms with Crippen LogP contribution < -0.4 is 10.2 Å². The van der Waals surface area contributed by atoms with E-state index in [0.29, 0.717) is 6.61 Å². The first-order valence-corrected chi connectivity index (χ1v) is 10.5. The Morgan fingerprint density at radius 3 is 2.57 bits per heavy atom. The summed E-state index contributed by atoms with van der Waals surface area (Å²) in [6.07, 6.45) is 1.81. The van der Waals surface area contributed by atoms with Crippen molar-refractivity contribution in [3.63, 3.8) is 0 Å². The van der Waals surface area contributed by atoms with Crippen LogP contribution in [0.5, 0.6) is 5.75 Å². The van der Waals surface area contributed by atoms with E-state index >= 15 is 0 Å². The molecule has 0 spiro atoms. The third kappa shape index (κ3) is 3.88. The largest absolute Gasteiger partial charge is 0.488 e. The molecule has 0 bridgehead atoms. The van der Waals surface area contributed by atoms with E-state index in [1.807, 2.05) is 60.8 Å². The molecule has 0 unspecified atom stereocenters. The number of hydrogen-bond donors (Lipinski definition) is 1. The van der Waals surface area contributed by atoms with Gasteiger partial charge in [-0.2, -0.15) is 5.10 Å². The highest BCUT2D eigenvalue weighted by molar-refractivity contribution is 7.22. The van der Waals surface area contributed by atoms with Crippen LogP contribution in [0.3, 0.4) is 0 Å². The predicted molar refractivity (Wildman–Crippen MR) is 126 cm³/mol. The van der Waals surface area contributed by atoms with Crippen molar-refractivity contribution in [2.24, 2.45) is 5.10 Å². The fourth-order valence-electron chi connectivity index (χ4n) is 3.34. The lowest BCUT2D eigenvalue weighted by molar-refractivity contribution is 0.306. The van der Waals surface area contributed by atoms with Gasteiger partial charge in [0.2, 0.25) is 5.13 Å². The van der Waals surface area contributed by atoms with Gasteiger partial charge in [-0.05, 0) is 34.5 Å². The maximum absolute atomic E-state index is 6.15. The Balaban J connectivity index is 1.43. The van der Waals surface area contributed by atoms with Crippen molar-refractivity contribution in [3.8, 4) is 5.75 Å². The van der Waals surface area contributed by atoms with Gasteiger partial charge < -0.3 is 4.74 Å². The number of hydrogen-bond acceptors (Lipinski definition) is 5. The zero-order chi connectivity index (χ0) is 20.2. The average molecular weight is 410 g/mol. The zero-order valence-electron chi connectivity index (χ0n) is 16.2. The minimum absolute atomic E-state index is 0.505. The molecule has 1 aromatic heterocycles. The van der Waals surface area contributed by atoms with Gasteiger partial charge in [0, 0.05) is 5.56 Å². The van der Waals surface area contributed by atoms with Crippen molar-refractivity contribution in [2.45, 2.75) is 6.61 Å². The predicted octanol–water partition coefficient (Wildman–Crippen LogP) is 6.47. The Bertz CT molecular complexity index is 1300. The quantitative estimate of drug-likeness (QED) is 0.258. The molecule has 0 saturated carbocycles. The molecule has 0 amide bonds. The van der Waals surface area contributed by atoms with Gasteiger partial charge >= 0.3 is 0 Å². The number of anilines is 1. The number of nitrogens with zero attached hydrogens (tertiary/aromatic N) is 2. The molecule has 0 saturated heterocycles. The summed E-state index contributed by atoms with van der Waals surface area (Å²) in [6.45, 7) is 0.505. The van der Waals surface area contributed by atoms with Gasteiger partial charge in [-0.15, -0.1) is 0 Å². The van der Waals surface area contributed by atoms with Crippen molar-refractivity contribution in [1.82, 2.24) is 4.98 Å². The summed E-state index contributed by atoms with van der Waals surface area (Å²) in [5, 5.41) is 7.47. The molecule has 0 aliphatic rings. The van der Waals surface area contributed by atoms with E-state index in [0.717, 1.165) is 43.0 Å². The summed E-state index contributed by atoms with van der Waals surface area (Å²) in [7, 11) is 0. The SMILES string of the molecule is C(=N\Nc1nc2ccccc2s1)/c1c(OCc2ccccc2)ccc2ccccc12. The molecule has 30 heavy (non-hydrogen) atoms. The zero-order valence-corrected chi connectivity index (χ0v) is 17.0. The molecule has 1 N–H and O–H groups in total. The minimum Gasteiger partial charge on any atom is -0.488 e. The Hall–Kier alpha value is -3.70. The number of hydrazone groups is 1. The fourth-order valence-corrected chi connectivity index (χ4v) is 4.16. The first-order valence-electron chi connectivity index (χ1n) is 9.70. The molecule has 4 aromatic carbocycles. The van der Waals surface area contributed by atoms with E-state index in [-0.39, 0.29) is 0 Å². The van der Waals surface area contributed by atoms with Gasteiger partial charge in [-0.25, -0.2) is 4.98 Å². The van der Waals surface area contributed by atoms with E-state index in [9.17, 15) is 0 Å². The van der Waals surface area contributed by atoms with Gasteiger partial charge in [0.1, 0.15) is 12.4 Å². The van der Waals surface area contributed by atoms with Crippen LogP contribution in [0.15, 0.2) is 96.1 Å². The Morgan fingerprint density at radius 2 is 1.67 bits per heavy atom. The highest BCUT2D eigenvalue weighted by Gasteiger charge is 2.08. The second-order valence-electron chi connectivity index (χ2n) is 6.83. The third-order valence-corrected chi connectivity index (χ3v) is 5.76. The summed E-state index contributed by atoms with van der Waals surface area (Å²) >= 11 is 1.58. The van der Waals surface area contributed by atoms with E-state index in [1.54, 1.807) is 11.3 Å². The maximum Gasteiger partial charge on any atom is 0.204 e. The average Bonchev–Trinajstić information content (AvgIpc) is 3.22. The van der Waals surface area contributed by atoms with Crippen LogP contribution in [0.25, 0.3) is 21.0 Å². The molecule has 0 aliphatic carbocycles. The van der Waals surface area contributed by atoms with Crippen LogP contribution in [0.2, 0.25) is 0 Å². The second-order valence-corrected chi connectivity index (χ2v) is 7.86. The summed E-state index contributed by atoms with van der Waals surface area (Å²) in [4.78, 5) is 4.57. The van der Waals surface area contributed by atoms with Gasteiger partial charge in [0.15, 0.2) is 0 Å².